The Kier molecular flexibility index (Phi) is 5.98. The number of aryl methyl sites for hydroxylation is 2. The van der Waals surface area contributed by atoms with Crippen LogP contribution >= 0.6 is 0 Å². The number of halogens is 1. The Morgan fingerprint density at radius 2 is 1.48 bits per heavy atom. The number of hydrogen-bond acceptors (Lipinski definition) is 3. The van der Waals surface area contributed by atoms with Gasteiger partial charge in [0.25, 0.3) is 10.0 Å². The highest BCUT2D eigenvalue weighted by Gasteiger charge is 2.27. The average Bonchev–Trinajstić information content (AvgIpc) is 2.70. The maximum Gasteiger partial charge on any atom is 0.264 e. The smallest absolute Gasteiger partial charge is 0.264 e. The van der Waals surface area contributed by atoms with Gasteiger partial charge in [-0.15, -0.1) is 0 Å². The Morgan fingerprint density at radius 3 is 2.07 bits per heavy atom. The van der Waals surface area contributed by atoms with Gasteiger partial charge in [0.1, 0.15) is 12.4 Å². The minimum Gasteiger partial charge on any atom is -0.324 e. The van der Waals surface area contributed by atoms with E-state index in [2.05, 4.69) is 5.32 Å². The number of sulfonamides is 1. The Bertz CT molecular complexity index is 1090. The van der Waals surface area contributed by atoms with Gasteiger partial charge in [-0.05, 0) is 61.4 Å². The van der Waals surface area contributed by atoms with Crippen LogP contribution in [0.15, 0.2) is 77.7 Å². The SMILES string of the molecule is Cc1cccc(C)c1NC(=O)CN(c1ccccc1)S(=O)(=O)c1ccc(F)cc1. The first-order valence-electron chi connectivity index (χ1n) is 8.98. The molecule has 0 saturated heterocycles. The van der Waals surface area contributed by atoms with Crippen LogP contribution in [-0.4, -0.2) is 20.9 Å². The Balaban J connectivity index is 1.94. The molecule has 0 atom stereocenters. The number of para-hydroxylation sites is 2. The molecule has 0 unspecified atom stereocenters. The van der Waals surface area contributed by atoms with Gasteiger partial charge in [-0.1, -0.05) is 36.4 Å². The van der Waals surface area contributed by atoms with Gasteiger partial charge < -0.3 is 5.32 Å². The van der Waals surface area contributed by atoms with Crippen molar-refractivity contribution < 1.29 is 17.6 Å². The fraction of sp³-hybridized carbons (Fsp3) is 0.136. The monoisotopic (exact) mass is 412 g/mol. The summed E-state index contributed by atoms with van der Waals surface area (Å²) in [5.74, 6) is -1.01. The van der Waals surface area contributed by atoms with Crippen molar-refractivity contribution in [3.8, 4) is 0 Å². The third kappa shape index (κ3) is 4.63. The lowest BCUT2D eigenvalue weighted by molar-refractivity contribution is -0.114. The zero-order valence-electron chi connectivity index (χ0n) is 16.1. The maximum atomic E-state index is 13.3. The highest BCUT2D eigenvalue weighted by molar-refractivity contribution is 7.92. The number of carbonyl (C=O) groups excluding carboxylic acids is 1. The molecule has 0 aliphatic heterocycles. The molecule has 0 heterocycles. The molecule has 150 valence electrons. The fourth-order valence-corrected chi connectivity index (χ4v) is 4.39. The van der Waals surface area contributed by atoms with E-state index in [4.69, 9.17) is 0 Å². The quantitative estimate of drug-likeness (QED) is 0.657. The van der Waals surface area contributed by atoms with Gasteiger partial charge in [0.05, 0.1) is 10.6 Å². The van der Waals surface area contributed by atoms with Gasteiger partial charge in [0.2, 0.25) is 5.91 Å². The molecule has 3 aromatic carbocycles. The predicted octanol–water partition coefficient (Wildman–Crippen LogP) is 4.28. The third-order valence-corrected chi connectivity index (χ3v) is 6.27. The molecule has 7 heteroatoms. The molecule has 0 aromatic heterocycles. The molecular weight excluding hydrogens is 391 g/mol. The first-order valence-corrected chi connectivity index (χ1v) is 10.4. The van der Waals surface area contributed by atoms with Crippen LogP contribution in [0, 0.1) is 19.7 Å². The largest absolute Gasteiger partial charge is 0.324 e. The van der Waals surface area contributed by atoms with E-state index < -0.39 is 28.3 Å². The minimum absolute atomic E-state index is 0.0948. The molecule has 1 N–H and O–H groups in total. The average molecular weight is 412 g/mol. The third-order valence-electron chi connectivity index (χ3n) is 4.48. The van der Waals surface area contributed by atoms with Gasteiger partial charge in [0, 0.05) is 5.69 Å². The molecule has 3 aromatic rings. The topological polar surface area (TPSA) is 66.5 Å². The molecule has 1 amide bonds. The number of hydrogen-bond donors (Lipinski definition) is 1. The van der Waals surface area contributed by atoms with Gasteiger partial charge in [-0.3, -0.25) is 9.10 Å². The van der Waals surface area contributed by atoms with E-state index in [0.717, 1.165) is 27.6 Å². The maximum absolute atomic E-state index is 13.3. The molecule has 0 aliphatic rings. The van der Waals surface area contributed by atoms with Crippen LogP contribution in [0.1, 0.15) is 11.1 Å². The zero-order valence-corrected chi connectivity index (χ0v) is 16.9. The van der Waals surface area contributed by atoms with Crippen LogP contribution in [0.5, 0.6) is 0 Å². The first-order chi connectivity index (χ1) is 13.8. The molecular formula is C22H21FN2O3S. The molecule has 0 aliphatic carbocycles. The molecule has 3 rings (SSSR count). The summed E-state index contributed by atoms with van der Waals surface area (Å²) in [4.78, 5) is 12.7. The summed E-state index contributed by atoms with van der Waals surface area (Å²) >= 11 is 0. The number of carbonyl (C=O) groups is 1. The predicted molar refractivity (Wildman–Crippen MR) is 112 cm³/mol. The van der Waals surface area contributed by atoms with Crippen LogP contribution in [0.25, 0.3) is 0 Å². The van der Waals surface area contributed by atoms with Crippen LogP contribution in [0.3, 0.4) is 0 Å². The summed E-state index contributed by atoms with van der Waals surface area (Å²) < 4.78 is 40.7. The summed E-state index contributed by atoms with van der Waals surface area (Å²) in [6.07, 6.45) is 0. The van der Waals surface area contributed by atoms with E-state index >= 15 is 0 Å². The van der Waals surface area contributed by atoms with Gasteiger partial charge >= 0.3 is 0 Å². The highest BCUT2D eigenvalue weighted by atomic mass is 32.2. The van der Waals surface area contributed by atoms with E-state index in [-0.39, 0.29) is 4.90 Å². The molecule has 0 spiro atoms. The second kappa shape index (κ2) is 8.45. The van der Waals surface area contributed by atoms with E-state index in [0.29, 0.717) is 11.4 Å². The lowest BCUT2D eigenvalue weighted by atomic mass is 10.1. The Labute approximate surface area is 169 Å². The summed E-state index contributed by atoms with van der Waals surface area (Å²) in [6.45, 7) is 3.32. The number of rotatable bonds is 6. The van der Waals surface area contributed by atoms with Crippen molar-refractivity contribution in [1.82, 2.24) is 0 Å². The standard InChI is InChI=1S/C22H21FN2O3S/c1-16-7-6-8-17(2)22(16)24-21(26)15-25(19-9-4-3-5-10-19)29(27,28)20-13-11-18(23)12-14-20/h3-14H,15H2,1-2H3,(H,24,26). The van der Waals surface area contributed by atoms with Crippen molar-refractivity contribution in [2.75, 3.05) is 16.2 Å². The lowest BCUT2D eigenvalue weighted by Crippen LogP contribution is -2.38. The number of amides is 1. The highest BCUT2D eigenvalue weighted by Crippen LogP contribution is 2.24. The van der Waals surface area contributed by atoms with Crippen LogP contribution in [0.2, 0.25) is 0 Å². The van der Waals surface area contributed by atoms with E-state index in [1.54, 1.807) is 30.3 Å². The Hall–Kier alpha value is -3.19. The summed E-state index contributed by atoms with van der Waals surface area (Å²) in [5.41, 5.74) is 2.76. The van der Waals surface area contributed by atoms with Crippen LogP contribution in [-0.2, 0) is 14.8 Å². The molecule has 29 heavy (non-hydrogen) atoms. The number of nitrogens with zero attached hydrogens (tertiary/aromatic N) is 1. The van der Waals surface area contributed by atoms with Gasteiger partial charge in [-0.2, -0.15) is 0 Å². The Morgan fingerprint density at radius 1 is 0.897 bits per heavy atom. The summed E-state index contributed by atoms with van der Waals surface area (Å²) in [6, 6.07) is 18.5. The van der Waals surface area contributed by atoms with Gasteiger partial charge in [-0.25, -0.2) is 12.8 Å². The van der Waals surface area contributed by atoms with Crippen molar-refractivity contribution in [1.29, 1.82) is 0 Å². The zero-order chi connectivity index (χ0) is 21.0. The van der Waals surface area contributed by atoms with Crippen molar-refractivity contribution in [2.24, 2.45) is 0 Å². The van der Waals surface area contributed by atoms with Gasteiger partial charge in [0.15, 0.2) is 0 Å². The van der Waals surface area contributed by atoms with Crippen molar-refractivity contribution in [2.45, 2.75) is 18.7 Å². The minimum atomic E-state index is -4.07. The summed E-state index contributed by atoms with van der Waals surface area (Å²) in [7, 11) is -4.07. The van der Waals surface area contributed by atoms with E-state index in [1.165, 1.54) is 12.1 Å². The molecule has 5 nitrogen and oxygen atoms in total. The fourth-order valence-electron chi connectivity index (χ4n) is 2.96. The number of anilines is 2. The van der Waals surface area contributed by atoms with Crippen LogP contribution < -0.4 is 9.62 Å². The molecule has 0 radical (unpaired) electrons. The summed E-state index contributed by atoms with van der Waals surface area (Å²) in [5, 5.41) is 2.81. The van der Waals surface area contributed by atoms with E-state index in [1.807, 2.05) is 32.0 Å². The molecule has 0 saturated carbocycles. The van der Waals surface area contributed by atoms with Crippen molar-refractivity contribution in [3.63, 3.8) is 0 Å². The first kappa shape index (κ1) is 20.5. The van der Waals surface area contributed by atoms with Crippen LogP contribution in [0.4, 0.5) is 15.8 Å². The molecule has 0 bridgehead atoms. The number of benzene rings is 3. The van der Waals surface area contributed by atoms with E-state index in [9.17, 15) is 17.6 Å². The van der Waals surface area contributed by atoms with Crippen molar-refractivity contribution in [3.05, 3.63) is 89.7 Å². The normalized spacial score (nSPS) is 11.1. The van der Waals surface area contributed by atoms with Crippen molar-refractivity contribution >= 4 is 27.3 Å². The lowest BCUT2D eigenvalue weighted by Gasteiger charge is -2.24. The second-order valence-electron chi connectivity index (χ2n) is 6.62. The second-order valence-corrected chi connectivity index (χ2v) is 8.48. The number of nitrogens with one attached hydrogen (secondary N) is 1. The molecule has 0 fully saturated rings.